The first kappa shape index (κ1) is 28.9. The first-order valence-corrected chi connectivity index (χ1v) is 18.1. The molecule has 0 fully saturated rings. The maximum atomic E-state index is 5.26. The van der Waals surface area contributed by atoms with Crippen LogP contribution in [-0.4, -0.2) is 19.9 Å². The van der Waals surface area contributed by atoms with Crippen LogP contribution in [0, 0.1) is 0 Å². The summed E-state index contributed by atoms with van der Waals surface area (Å²) in [6.45, 7) is 0. The molecule has 0 saturated carbocycles. The molecule has 0 radical (unpaired) electrons. The number of hydrogen-bond acceptors (Lipinski definition) is 6. The van der Waals surface area contributed by atoms with E-state index in [2.05, 4.69) is 97.1 Å². The van der Waals surface area contributed by atoms with Crippen molar-refractivity contribution in [2.24, 2.45) is 0 Å². The second-order valence-corrected chi connectivity index (χ2v) is 14.4. The SMILES string of the molecule is c1ccc(-c2nc(-c3ccccc3)nc(-c3cccc(-c4c5sc(-c6ccc7ccccc7c6)nc5cc5sc6ccccc6c45)c3)n2)cc1. The first-order valence-electron chi connectivity index (χ1n) is 16.5. The average Bonchev–Trinajstić information content (AvgIpc) is 3.79. The zero-order valence-corrected chi connectivity index (χ0v) is 28.2. The summed E-state index contributed by atoms with van der Waals surface area (Å²) < 4.78 is 3.67. The standard InChI is InChI=1S/C44H26N4S2/c1-3-13-28(14-4-1)41-46-42(29-15-5-2-6-16-29)48-43(47-41)32-19-11-18-31(25-32)38-39-34-20-9-10-21-36(34)49-37(39)26-35-40(38)50-44(45-35)33-23-22-27-12-7-8-17-30(27)24-33/h1-26H. The van der Waals surface area contributed by atoms with Gasteiger partial charge in [0.25, 0.3) is 0 Å². The van der Waals surface area contributed by atoms with Crippen LogP contribution in [0.25, 0.3) is 97.0 Å². The number of hydrogen-bond donors (Lipinski definition) is 0. The molecule has 0 bridgehead atoms. The number of rotatable bonds is 5. The maximum Gasteiger partial charge on any atom is 0.164 e. The fourth-order valence-electron chi connectivity index (χ4n) is 6.74. The topological polar surface area (TPSA) is 51.6 Å². The van der Waals surface area contributed by atoms with Crippen LogP contribution in [0.1, 0.15) is 0 Å². The molecule has 3 heterocycles. The molecule has 234 valence electrons. The molecule has 50 heavy (non-hydrogen) atoms. The van der Waals surface area contributed by atoms with E-state index in [-0.39, 0.29) is 0 Å². The summed E-state index contributed by atoms with van der Waals surface area (Å²) in [4.78, 5) is 20.2. The Hall–Kier alpha value is -6.08. The summed E-state index contributed by atoms with van der Waals surface area (Å²) in [6, 6.07) is 55.0. The van der Waals surface area contributed by atoms with E-state index in [4.69, 9.17) is 19.9 Å². The molecule has 0 aliphatic carbocycles. The Kier molecular flexibility index (Phi) is 6.82. The Morgan fingerprint density at radius 3 is 1.76 bits per heavy atom. The van der Waals surface area contributed by atoms with Crippen LogP contribution in [0.15, 0.2) is 158 Å². The Bertz CT molecular complexity index is 2820. The van der Waals surface area contributed by atoms with E-state index < -0.39 is 0 Å². The molecule has 0 spiro atoms. The van der Waals surface area contributed by atoms with Gasteiger partial charge in [0.05, 0.1) is 10.2 Å². The number of thiophene rings is 1. The van der Waals surface area contributed by atoms with Gasteiger partial charge in [0.15, 0.2) is 17.5 Å². The minimum atomic E-state index is 0.638. The van der Waals surface area contributed by atoms with Gasteiger partial charge in [-0.05, 0) is 40.6 Å². The van der Waals surface area contributed by atoms with E-state index in [0.29, 0.717) is 17.5 Å². The third kappa shape index (κ3) is 4.96. The van der Waals surface area contributed by atoms with E-state index in [1.165, 1.54) is 41.2 Å². The van der Waals surface area contributed by atoms with Crippen molar-refractivity contribution in [2.45, 2.75) is 0 Å². The van der Waals surface area contributed by atoms with E-state index in [9.17, 15) is 0 Å². The van der Waals surface area contributed by atoms with E-state index in [0.717, 1.165) is 38.3 Å². The third-order valence-corrected chi connectivity index (χ3v) is 11.4. The third-order valence-electron chi connectivity index (χ3n) is 9.13. The molecule has 0 saturated heterocycles. The highest BCUT2D eigenvalue weighted by molar-refractivity contribution is 7.26. The predicted octanol–water partition coefficient (Wildman–Crippen LogP) is 12.3. The molecular formula is C44H26N4S2. The van der Waals surface area contributed by atoms with Crippen LogP contribution in [0.3, 0.4) is 0 Å². The minimum absolute atomic E-state index is 0.638. The number of aromatic nitrogens is 4. The lowest BCUT2D eigenvalue weighted by Crippen LogP contribution is -2.00. The highest BCUT2D eigenvalue weighted by atomic mass is 32.1. The fraction of sp³-hybridized carbons (Fsp3) is 0. The summed E-state index contributed by atoms with van der Waals surface area (Å²) in [6.07, 6.45) is 0. The van der Waals surface area contributed by atoms with Gasteiger partial charge < -0.3 is 0 Å². The van der Waals surface area contributed by atoms with Gasteiger partial charge in [-0.1, -0.05) is 133 Å². The van der Waals surface area contributed by atoms with E-state index >= 15 is 0 Å². The molecular weight excluding hydrogens is 649 g/mol. The zero-order chi connectivity index (χ0) is 33.0. The highest BCUT2D eigenvalue weighted by Gasteiger charge is 2.20. The minimum Gasteiger partial charge on any atom is -0.236 e. The zero-order valence-electron chi connectivity index (χ0n) is 26.6. The van der Waals surface area contributed by atoms with Crippen molar-refractivity contribution >= 4 is 63.8 Å². The van der Waals surface area contributed by atoms with Crippen LogP contribution in [0.5, 0.6) is 0 Å². The Morgan fingerprint density at radius 1 is 0.380 bits per heavy atom. The second kappa shape index (κ2) is 11.8. The van der Waals surface area contributed by atoms with E-state index in [1.54, 1.807) is 11.3 Å². The van der Waals surface area contributed by atoms with Gasteiger partial charge in [0.1, 0.15) is 5.01 Å². The largest absolute Gasteiger partial charge is 0.236 e. The summed E-state index contributed by atoms with van der Waals surface area (Å²) in [5, 5.41) is 5.97. The number of nitrogens with zero attached hydrogens (tertiary/aromatic N) is 4. The summed E-state index contributed by atoms with van der Waals surface area (Å²) in [7, 11) is 0. The van der Waals surface area contributed by atoms with Crippen molar-refractivity contribution in [1.29, 1.82) is 0 Å². The lowest BCUT2D eigenvalue weighted by molar-refractivity contribution is 1.07. The van der Waals surface area contributed by atoms with Crippen LogP contribution >= 0.6 is 22.7 Å². The van der Waals surface area contributed by atoms with Gasteiger partial charge in [0, 0.05) is 48.0 Å². The molecule has 10 aromatic rings. The molecule has 4 nitrogen and oxygen atoms in total. The first-order chi connectivity index (χ1) is 24.7. The van der Waals surface area contributed by atoms with Crippen LogP contribution in [-0.2, 0) is 0 Å². The van der Waals surface area contributed by atoms with Crippen LogP contribution in [0.4, 0.5) is 0 Å². The molecule has 10 rings (SSSR count). The van der Waals surface area contributed by atoms with Crippen molar-refractivity contribution < 1.29 is 0 Å². The molecule has 3 aromatic heterocycles. The summed E-state index contributed by atoms with van der Waals surface area (Å²) in [5.74, 6) is 1.94. The van der Waals surface area contributed by atoms with Crippen molar-refractivity contribution in [3.05, 3.63) is 158 Å². The fourth-order valence-corrected chi connectivity index (χ4v) is 9.00. The van der Waals surface area contributed by atoms with Gasteiger partial charge in [0.2, 0.25) is 0 Å². The Balaban J connectivity index is 1.20. The molecule has 0 atom stereocenters. The van der Waals surface area contributed by atoms with Gasteiger partial charge in [-0.25, -0.2) is 19.9 Å². The normalized spacial score (nSPS) is 11.6. The number of thiazole rings is 1. The second-order valence-electron chi connectivity index (χ2n) is 12.3. The van der Waals surface area contributed by atoms with Crippen LogP contribution < -0.4 is 0 Å². The number of benzene rings is 7. The van der Waals surface area contributed by atoms with Crippen molar-refractivity contribution in [1.82, 2.24) is 19.9 Å². The lowest BCUT2D eigenvalue weighted by atomic mass is 9.97. The van der Waals surface area contributed by atoms with Gasteiger partial charge in [-0.3, -0.25) is 0 Å². The quantitative estimate of drug-likeness (QED) is 0.182. The Morgan fingerprint density at radius 2 is 1.00 bits per heavy atom. The molecule has 6 heteroatoms. The molecule has 0 amide bonds. The average molecular weight is 675 g/mol. The number of fused-ring (bicyclic) bond motifs is 5. The summed E-state index contributed by atoms with van der Waals surface area (Å²) in [5.41, 5.74) is 7.28. The molecule has 0 unspecified atom stereocenters. The van der Waals surface area contributed by atoms with Gasteiger partial charge >= 0.3 is 0 Å². The Labute approximate surface area is 296 Å². The molecule has 7 aromatic carbocycles. The molecule has 0 aliphatic heterocycles. The van der Waals surface area contributed by atoms with Gasteiger partial charge in [-0.2, -0.15) is 0 Å². The summed E-state index contributed by atoms with van der Waals surface area (Å²) >= 11 is 3.58. The smallest absolute Gasteiger partial charge is 0.164 e. The highest BCUT2D eigenvalue weighted by Crippen LogP contribution is 2.47. The van der Waals surface area contributed by atoms with Gasteiger partial charge in [-0.15, -0.1) is 22.7 Å². The lowest BCUT2D eigenvalue weighted by Gasteiger charge is -2.11. The molecule has 0 N–H and O–H groups in total. The van der Waals surface area contributed by atoms with Crippen molar-refractivity contribution in [3.63, 3.8) is 0 Å². The van der Waals surface area contributed by atoms with E-state index in [1.807, 2.05) is 72.0 Å². The molecule has 0 aliphatic rings. The van der Waals surface area contributed by atoms with Crippen molar-refractivity contribution in [2.75, 3.05) is 0 Å². The van der Waals surface area contributed by atoms with Crippen LogP contribution in [0.2, 0.25) is 0 Å². The predicted molar refractivity (Wildman–Crippen MR) is 211 cm³/mol. The monoisotopic (exact) mass is 674 g/mol. The maximum absolute atomic E-state index is 5.26. The van der Waals surface area contributed by atoms with Crippen molar-refractivity contribution in [3.8, 4) is 55.9 Å².